The molecule has 1 N–H and O–H groups in total. The van der Waals surface area contributed by atoms with Gasteiger partial charge in [-0.3, -0.25) is 0 Å². The van der Waals surface area contributed by atoms with E-state index in [1.807, 2.05) is 25.1 Å². The van der Waals surface area contributed by atoms with Crippen molar-refractivity contribution in [2.24, 2.45) is 5.41 Å². The number of hydrogen-bond acceptors (Lipinski definition) is 2. The van der Waals surface area contributed by atoms with Crippen molar-refractivity contribution in [3.8, 4) is 0 Å². The Morgan fingerprint density at radius 2 is 1.67 bits per heavy atom. The van der Waals surface area contributed by atoms with E-state index in [-0.39, 0.29) is 5.41 Å². The van der Waals surface area contributed by atoms with Crippen LogP contribution in [0.1, 0.15) is 26.3 Å². The van der Waals surface area contributed by atoms with Gasteiger partial charge in [0.1, 0.15) is 0 Å². The van der Waals surface area contributed by atoms with Crippen LogP contribution in [0.15, 0.2) is 30.3 Å². The first-order chi connectivity index (χ1) is 6.89. The number of aliphatic hydroxyl groups is 1. The lowest BCUT2D eigenvalue weighted by Crippen LogP contribution is -2.45. The van der Waals surface area contributed by atoms with Crippen LogP contribution >= 0.6 is 12.6 Å². The molecule has 0 saturated heterocycles. The van der Waals surface area contributed by atoms with Crippen molar-refractivity contribution >= 4 is 12.6 Å². The van der Waals surface area contributed by atoms with Crippen LogP contribution in [0.3, 0.4) is 0 Å². The Kier molecular flexibility index (Phi) is 3.85. The Bertz CT molecular complexity index is 304. The minimum Gasteiger partial charge on any atom is -0.389 e. The molecule has 0 saturated carbocycles. The molecule has 0 aromatic heterocycles. The van der Waals surface area contributed by atoms with E-state index in [2.05, 4.69) is 38.6 Å². The van der Waals surface area contributed by atoms with Crippen LogP contribution in [0.4, 0.5) is 0 Å². The van der Waals surface area contributed by atoms with Crippen molar-refractivity contribution in [3.63, 3.8) is 0 Å². The van der Waals surface area contributed by atoms with Gasteiger partial charge in [-0.2, -0.15) is 12.6 Å². The van der Waals surface area contributed by atoms with Crippen molar-refractivity contribution < 1.29 is 5.11 Å². The van der Waals surface area contributed by atoms with Crippen molar-refractivity contribution in [1.29, 1.82) is 0 Å². The Balaban J connectivity index is 2.81. The van der Waals surface area contributed by atoms with Crippen LogP contribution in [0, 0.1) is 5.41 Å². The molecule has 0 heterocycles. The SMILES string of the molecule is CC(C)(Cc1ccccc1)C(C)(O)CS. The molecule has 0 amide bonds. The van der Waals surface area contributed by atoms with Crippen molar-refractivity contribution in [2.45, 2.75) is 32.8 Å². The molecule has 15 heavy (non-hydrogen) atoms. The fraction of sp³-hybridized carbons (Fsp3) is 0.538. The fourth-order valence-corrected chi connectivity index (χ4v) is 1.94. The molecule has 0 aliphatic heterocycles. The predicted octanol–water partition coefficient (Wildman–Crippen LogP) is 2.94. The maximum atomic E-state index is 10.2. The summed E-state index contributed by atoms with van der Waals surface area (Å²) >= 11 is 4.21. The highest BCUT2D eigenvalue weighted by Crippen LogP contribution is 2.35. The molecule has 1 aromatic rings. The minimum atomic E-state index is -0.744. The first kappa shape index (κ1) is 12.6. The zero-order chi connectivity index (χ0) is 11.5. The lowest BCUT2D eigenvalue weighted by Gasteiger charge is -2.39. The van der Waals surface area contributed by atoms with Gasteiger partial charge < -0.3 is 5.11 Å². The number of hydrogen-bond donors (Lipinski definition) is 2. The van der Waals surface area contributed by atoms with Crippen LogP contribution in [-0.4, -0.2) is 16.5 Å². The number of rotatable bonds is 4. The van der Waals surface area contributed by atoms with Gasteiger partial charge in [0, 0.05) is 5.75 Å². The third kappa shape index (κ3) is 2.99. The first-order valence-electron chi connectivity index (χ1n) is 5.26. The van der Waals surface area contributed by atoms with Gasteiger partial charge in [-0.25, -0.2) is 0 Å². The summed E-state index contributed by atoms with van der Waals surface area (Å²) < 4.78 is 0. The molecule has 1 unspecified atom stereocenters. The molecule has 0 aliphatic carbocycles. The van der Waals surface area contributed by atoms with E-state index in [1.54, 1.807) is 0 Å². The Morgan fingerprint density at radius 3 is 2.13 bits per heavy atom. The highest BCUT2D eigenvalue weighted by Gasteiger charge is 2.37. The summed E-state index contributed by atoms with van der Waals surface area (Å²) in [6, 6.07) is 10.3. The lowest BCUT2D eigenvalue weighted by molar-refractivity contribution is -0.0297. The zero-order valence-electron chi connectivity index (χ0n) is 9.70. The second-order valence-corrected chi connectivity index (χ2v) is 5.29. The van der Waals surface area contributed by atoms with E-state index in [9.17, 15) is 5.11 Å². The molecule has 1 atom stereocenters. The van der Waals surface area contributed by atoms with Gasteiger partial charge >= 0.3 is 0 Å². The topological polar surface area (TPSA) is 20.2 Å². The lowest BCUT2D eigenvalue weighted by atomic mass is 9.73. The number of thiol groups is 1. The van der Waals surface area contributed by atoms with Gasteiger partial charge in [-0.1, -0.05) is 44.2 Å². The summed E-state index contributed by atoms with van der Waals surface area (Å²) in [5, 5.41) is 10.2. The molecule has 0 bridgehead atoms. The second-order valence-electron chi connectivity index (χ2n) is 4.98. The molecule has 1 rings (SSSR count). The van der Waals surface area contributed by atoms with Crippen molar-refractivity contribution in [1.82, 2.24) is 0 Å². The molecule has 1 nitrogen and oxygen atoms in total. The van der Waals surface area contributed by atoms with Gasteiger partial charge in [-0.15, -0.1) is 0 Å². The molecule has 0 spiro atoms. The van der Waals surface area contributed by atoms with Gasteiger partial charge in [0.15, 0.2) is 0 Å². The van der Waals surface area contributed by atoms with Gasteiger partial charge in [0.05, 0.1) is 5.60 Å². The van der Waals surface area contributed by atoms with E-state index in [4.69, 9.17) is 0 Å². The van der Waals surface area contributed by atoms with Crippen molar-refractivity contribution in [3.05, 3.63) is 35.9 Å². The molecular formula is C13H20OS. The highest BCUT2D eigenvalue weighted by atomic mass is 32.1. The zero-order valence-corrected chi connectivity index (χ0v) is 10.6. The van der Waals surface area contributed by atoms with E-state index in [0.717, 1.165) is 6.42 Å². The first-order valence-corrected chi connectivity index (χ1v) is 5.89. The Morgan fingerprint density at radius 1 is 1.13 bits per heavy atom. The second kappa shape index (κ2) is 4.58. The molecular weight excluding hydrogens is 204 g/mol. The van der Waals surface area contributed by atoms with Crippen LogP contribution in [0.5, 0.6) is 0 Å². The molecule has 2 heteroatoms. The predicted molar refractivity (Wildman–Crippen MR) is 68.4 cm³/mol. The molecule has 0 fully saturated rings. The summed E-state index contributed by atoms with van der Waals surface area (Å²) in [5.74, 6) is 0.479. The van der Waals surface area contributed by atoms with Crippen LogP contribution in [0.25, 0.3) is 0 Å². The third-order valence-electron chi connectivity index (χ3n) is 3.25. The monoisotopic (exact) mass is 224 g/mol. The van der Waals surface area contributed by atoms with Crippen molar-refractivity contribution in [2.75, 3.05) is 5.75 Å². The molecule has 0 radical (unpaired) electrons. The van der Waals surface area contributed by atoms with Crippen LogP contribution in [0.2, 0.25) is 0 Å². The normalized spacial score (nSPS) is 16.1. The van der Waals surface area contributed by atoms with Gasteiger partial charge in [-0.05, 0) is 24.3 Å². The minimum absolute atomic E-state index is 0.171. The van der Waals surface area contributed by atoms with Crippen LogP contribution in [-0.2, 0) is 6.42 Å². The number of benzene rings is 1. The third-order valence-corrected chi connectivity index (χ3v) is 3.87. The summed E-state index contributed by atoms with van der Waals surface area (Å²) in [6.45, 7) is 6.01. The quantitative estimate of drug-likeness (QED) is 0.753. The standard InChI is InChI=1S/C13H20OS/c1-12(2,13(3,14)10-15)9-11-7-5-4-6-8-11/h4-8,14-15H,9-10H2,1-3H3. The van der Waals surface area contributed by atoms with E-state index in [0.29, 0.717) is 5.75 Å². The average Bonchev–Trinajstić information content (AvgIpc) is 2.18. The molecule has 84 valence electrons. The van der Waals surface area contributed by atoms with E-state index in [1.165, 1.54) is 5.56 Å². The van der Waals surface area contributed by atoms with E-state index < -0.39 is 5.60 Å². The Labute approximate surface area is 97.9 Å². The van der Waals surface area contributed by atoms with Gasteiger partial charge in [0.2, 0.25) is 0 Å². The summed E-state index contributed by atoms with van der Waals surface area (Å²) in [6.07, 6.45) is 0.862. The summed E-state index contributed by atoms with van der Waals surface area (Å²) in [7, 11) is 0. The maximum Gasteiger partial charge on any atom is 0.0761 e. The average molecular weight is 224 g/mol. The summed E-state index contributed by atoms with van der Waals surface area (Å²) in [5.41, 5.74) is 0.340. The van der Waals surface area contributed by atoms with Crippen LogP contribution < -0.4 is 0 Å². The van der Waals surface area contributed by atoms with E-state index >= 15 is 0 Å². The smallest absolute Gasteiger partial charge is 0.0761 e. The summed E-state index contributed by atoms with van der Waals surface area (Å²) in [4.78, 5) is 0. The largest absolute Gasteiger partial charge is 0.389 e. The fourth-order valence-electron chi connectivity index (χ4n) is 1.51. The van der Waals surface area contributed by atoms with Gasteiger partial charge in [0.25, 0.3) is 0 Å². The maximum absolute atomic E-state index is 10.2. The highest BCUT2D eigenvalue weighted by molar-refractivity contribution is 7.80. The molecule has 0 aliphatic rings. The molecule has 1 aromatic carbocycles. The Hall–Kier alpha value is -0.470.